The second-order valence-electron chi connectivity index (χ2n) is 10.7. The molecule has 0 aromatic rings. The number of hydrogen-bond donors (Lipinski definition) is 1. The quantitative estimate of drug-likeness (QED) is 0.708. The average Bonchev–Trinajstić information content (AvgIpc) is 2.91. The summed E-state index contributed by atoms with van der Waals surface area (Å²) >= 11 is 0. The Labute approximate surface area is 177 Å². The number of aliphatic hydroxyl groups excluding tert-OH is 1. The topological polar surface area (TPSA) is 80.7 Å². The molecule has 4 aliphatic carbocycles. The lowest BCUT2D eigenvalue weighted by Gasteiger charge is -2.60. The standard InChI is InChI=1S/C24H33FO5/c1-12-7-16-15-9-18(25)17-8-14(27)5-6-23(17,3)22(15)19(28)10-24(16,4)21(12)20(29)11-30-13(2)26/h8,12,15-16,18-19,21-22,28H,5-7,9-11H2,1-4H3/t12?,15-,16-,18?,19?,21+,22+,23-,24-/m0/s1. The normalized spacial score (nSPS) is 47.6. The number of carbonyl (C=O) groups excluding carboxylic acids is 3. The molecule has 3 unspecified atom stereocenters. The number of alkyl halides is 1. The average molecular weight is 421 g/mol. The van der Waals surface area contributed by atoms with Crippen LogP contribution in [0.15, 0.2) is 11.6 Å². The number of hydrogen-bond acceptors (Lipinski definition) is 5. The summed E-state index contributed by atoms with van der Waals surface area (Å²) in [5, 5.41) is 11.3. The first-order valence-corrected chi connectivity index (χ1v) is 11.2. The van der Waals surface area contributed by atoms with Crippen molar-refractivity contribution in [1.29, 1.82) is 0 Å². The van der Waals surface area contributed by atoms with Crippen molar-refractivity contribution < 1.29 is 28.6 Å². The highest BCUT2D eigenvalue weighted by molar-refractivity contribution is 5.92. The third-order valence-corrected chi connectivity index (χ3v) is 8.98. The van der Waals surface area contributed by atoms with E-state index in [0.29, 0.717) is 31.3 Å². The van der Waals surface area contributed by atoms with Crippen molar-refractivity contribution in [3.63, 3.8) is 0 Å². The molecule has 166 valence electrons. The molecule has 0 aromatic heterocycles. The van der Waals surface area contributed by atoms with Gasteiger partial charge in [-0.2, -0.15) is 0 Å². The maximum atomic E-state index is 15.4. The number of ketones is 2. The van der Waals surface area contributed by atoms with Gasteiger partial charge in [-0.25, -0.2) is 4.39 Å². The predicted molar refractivity (Wildman–Crippen MR) is 108 cm³/mol. The van der Waals surface area contributed by atoms with Crippen LogP contribution in [0.25, 0.3) is 0 Å². The lowest BCUT2D eigenvalue weighted by molar-refractivity contribution is -0.156. The van der Waals surface area contributed by atoms with Gasteiger partial charge in [-0.3, -0.25) is 14.4 Å². The molecule has 6 heteroatoms. The molecule has 0 radical (unpaired) electrons. The maximum absolute atomic E-state index is 15.4. The molecule has 0 spiro atoms. The number of aliphatic hydroxyl groups is 1. The number of esters is 1. The summed E-state index contributed by atoms with van der Waals surface area (Å²) in [4.78, 5) is 36.2. The van der Waals surface area contributed by atoms with Crippen LogP contribution in [0.4, 0.5) is 4.39 Å². The zero-order valence-corrected chi connectivity index (χ0v) is 18.3. The molecular formula is C24H33FO5. The van der Waals surface area contributed by atoms with Crippen LogP contribution in [-0.2, 0) is 19.1 Å². The van der Waals surface area contributed by atoms with Gasteiger partial charge in [-0.15, -0.1) is 0 Å². The number of carbonyl (C=O) groups is 3. The van der Waals surface area contributed by atoms with Gasteiger partial charge < -0.3 is 9.84 Å². The van der Waals surface area contributed by atoms with Crippen molar-refractivity contribution in [1.82, 2.24) is 0 Å². The van der Waals surface area contributed by atoms with Gasteiger partial charge in [0.1, 0.15) is 12.8 Å². The van der Waals surface area contributed by atoms with Crippen molar-refractivity contribution in [2.75, 3.05) is 6.61 Å². The van der Waals surface area contributed by atoms with E-state index >= 15 is 4.39 Å². The summed E-state index contributed by atoms with van der Waals surface area (Å²) in [6, 6.07) is 0. The Balaban J connectivity index is 1.68. The van der Waals surface area contributed by atoms with Gasteiger partial charge in [-0.1, -0.05) is 20.8 Å². The van der Waals surface area contributed by atoms with Crippen molar-refractivity contribution in [2.24, 2.45) is 40.4 Å². The fourth-order valence-electron chi connectivity index (χ4n) is 8.01. The minimum Gasteiger partial charge on any atom is -0.458 e. The molecule has 9 atom stereocenters. The summed E-state index contributed by atoms with van der Waals surface area (Å²) in [6.07, 6.45) is 2.21. The highest BCUT2D eigenvalue weighted by atomic mass is 19.1. The summed E-state index contributed by atoms with van der Waals surface area (Å²) in [6.45, 7) is 7.16. The summed E-state index contributed by atoms with van der Waals surface area (Å²) in [7, 11) is 0. The molecule has 0 aliphatic heterocycles. The summed E-state index contributed by atoms with van der Waals surface area (Å²) in [5.74, 6) is -0.833. The zero-order valence-electron chi connectivity index (χ0n) is 18.3. The smallest absolute Gasteiger partial charge is 0.303 e. The van der Waals surface area contributed by atoms with E-state index in [4.69, 9.17) is 4.74 Å². The van der Waals surface area contributed by atoms with E-state index in [1.165, 1.54) is 13.0 Å². The third kappa shape index (κ3) is 3.09. The molecule has 3 fully saturated rings. The predicted octanol–water partition coefficient (Wildman–Crippen LogP) is 3.43. The molecule has 30 heavy (non-hydrogen) atoms. The van der Waals surface area contributed by atoms with Crippen LogP contribution in [0.5, 0.6) is 0 Å². The number of fused-ring (bicyclic) bond motifs is 5. The van der Waals surface area contributed by atoms with E-state index in [9.17, 15) is 19.5 Å². The van der Waals surface area contributed by atoms with E-state index < -0.39 is 29.1 Å². The number of Topliss-reactive ketones (excluding diaryl/α,β-unsaturated/α-hetero) is 1. The Hall–Kier alpha value is -1.56. The molecule has 5 nitrogen and oxygen atoms in total. The van der Waals surface area contributed by atoms with Gasteiger partial charge in [0.15, 0.2) is 11.6 Å². The van der Waals surface area contributed by atoms with Crippen molar-refractivity contribution in [3.05, 3.63) is 11.6 Å². The second kappa shape index (κ2) is 7.25. The Morgan fingerprint density at radius 2 is 2.00 bits per heavy atom. The van der Waals surface area contributed by atoms with Gasteiger partial charge in [0, 0.05) is 19.3 Å². The van der Waals surface area contributed by atoms with Crippen LogP contribution in [0.3, 0.4) is 0 Å². The van der Waals surface area contributed by atoms with Crippen LogP contribution in [0, 0.1) is 40.4 Å². The Morgan fingerprint density at radius 1 is 1.30 bits per heavy atom. The van der Waals surface area contributed by atoms with Crippen LogP contribution in [0.1, 0.15) is 59.8 Å². The number of ether oxygens (including phenoxy) is 1. The number of allylic oxidation sites excluding steroid dienone is 1. The lowest BCUT2D eigenvalue weighted by atomic mass is 9.45. The van der Waals surface area contributed by atoms with Crippen molar-refractivity contribution in [3.8, 4) is 0 Å². The van der Waals surface area contributed by atoms with Crippen LogP contribution < -0.4 is 0 Å². The third-order valence-electron chi connectivity index (χ3n) is 8.98. The minimum absolute atomic E-state index is 0.0238. The van der Waals surface area contributed by atoms with Gasteiger partial charge in [0.05, 0.1) is 6.10 Å². The Kier molecular flexibility index (Phi) is 5.23. The van der Waals surface area contributed by atoms with Crippen LogP contribution >= 0.6 is 0 Å². The second-order valence-corrected chi connectivity index (χ2v) is 10.7. The first kappa shape index (κ1) is 21.7. The monoisotopic (exact) mass is 420 g/mol. The van der Waals surface area contributed by atoms with E-state index in [-0.39, 0.29) is 47.8 Å². The van der Waals surface area contributed by atoms with Crippen LogP contribution in [0.2, 0.25) is 0 Å². The SMILES string of the molecule is CC(=O)OCC(=O)[C@H]1C(C)C[C@H]2[C@@H]3CC(F)C4=CC(=O)CC[C@]4(C)[C@H]3C(O)C[C@]12C. The molecule has 4 rings (SSSR count). The van der Waals surface area contributed by atoms with Crippen molar-refractivity contribution >= 4 is 17.5 Å². The molecule has 1 N–H and O–H groups in total. The molecule has 0 saturated heterocycles. The van der Waals surface area contributed by atoms with E-state index in [1.807, 2.05) is 13.8 Å². The first-order chi connectivity index (χ1) is 14.0. The van der Waals surface area contributed by atoms with E-state index in [2.05, 4.69) is 6.92 Å². The minimum atomic E-state index is -1.18. The fourth-order valence-corrected chi connectivity index (χ4v) is 8.01. The fraction of sp³-hybridized carbons (Fsp3) is 0.792. The van der Waals surface area contributed by atoms with Crippen LogP contribution in [-0.4, -0.2) is 41.5 Å². The Morgan fingerprint density at radius 3 is 2.67 bits per heavy atom. The zero-order chi connectivity index (χ0) is 22.0. The highest BCUT2D eigenvalue weighted by Crippen LogP contribution is 2.68. The molecule has 0 bridgehead atoms. The van der Waals surface area contributed by atoms with Gasteiger partial charge in [0.25, 0.3) is 0 Å². The Bertz CT molecular complexity index is 805. The van der Waals surface area contributed by atoms with E-state index in [0.717, 1.165) is 6.42 Å². The maximum Gasteiger partial charge on any atom is 0.303 e. The molecule has 0 amide bonds. The van der Waals surface area contributed by atoms with Gasteiger partial charge >= 0.3 is 5.97 Å². The van der Waals surface area contributed by atoms with E-state index in [1.54, 1.807) is 0 Å². The van der Waals surface area contributed by atoms with Crippen molar-refractivity contribution in [2.45, 2.75) is 72.1 Å². The lowest BCUT2D eigenvalue weighted by Crippen LogP contribution is -2.59. The summed E-state index contributed by atoms with van der Waals surface area (Å²) < 4.78 is 20.3. The molecular weight excluding hydrogens is 387 g/mol. The van der Waals surface area contributed by atoms with Gasteiger partial charge in [-0.05, 0) is 71.8 Å². The number of halogens is 1. The first-order valence-electron chi connectivity index (χ1n) is 11.2. The molecule has 0 heterocycles. The molecule has 3 saturated carbocycles. The van der Waals surface area contributed by atoms with Gasteiger partial charge in [0.2, 0.25) is 0 Å². The molecule has 0 aromatic carbocycles. The number of rotatable bonds is 3. The summed E-state index contributed by atoms with van der Waals surface area (Å²) in [5.41, 5.74) is -0.393. The largest absolute Gasteiger partial charge is 0.458 e. The molecule has 4 aliphatic rings. The highest BCUT2D eigenvalue weighted by Gasteiger charge is 2.65.